The highest BCUT2D eigenvalue weighted by atomic mass is 79.9. The number of esters is 1. The van der Waals surface area contributed by atoms with Gasteiger partial charge in [-0.1, -0.05) is 22.0 Å². The van der Waals surface area contributed by atoms with Crippen molar-refractivity contribution in [2.45, 2.75) is 30.4 Å². The molecule has 1 amide bonds. The van der Waals surface area contributed by atoms with Crippen LogP contribution < -0.4 is 5.32 Å². The lowest BCUT2D eigenvalue weighted by Gasteiger charge is -2.24. The molecular formula is C19H20BrNO5S. The molecule has 27 heavy (non-hydrogen) atoms. The molecule has 144 valence electrons. The molecule has 0 unspecified atom stereocenters. The van der Waals surface area contributed by atoms with Crippen molar-refractivity contribution < 1.29 is 22.7 Å². The van der Waals surface area contributed by atoms with Gasteiger partial charge in [0.2, 0.25) is 5.91 Å². The van der Waals surface area contributed by atoms with Crippen molar-refractivity contribution in [2.75, 3.05) is 12.4 Å². The highest BCUT2D eigenvalue weighted by Crippen LogP contribution is 2.29. The predicted molar refractivity (Wildman–Crippen MR) is 107 cm³/mol. The van der Waals surface area contributed by atoms with Crippen LogP contribution in [0, 0.1) is 6.92 Å². The number of aryl methyl sites for hydroxylation is 1. The molecule has 0 bridgehead atoms. The Balaban J connectivity index is 2.36. The third-order valence-corrected chi connectivity index (χ3v) is 7.20. The summed E-state index contributed by atoms with van der Waals surface area (Å²) >= 11 is 3.26. The maximum absolute atomic E-state index is 13.0. The van der Waals surface area contributed by atoms with Crippen LogP contribution in [0.4, 0.5) is 5.69 Å². The van der Waals surface area contributed by atoms with E-state index in [0.717, 1.165) is 4.47 Å². The van der Waals surface area contributed by atoms with E-state index >= 15 is 0 Å². The summed E-state index contributed by atoms with van der Waals surface area (Å²) in [6.45, 7) is 4.44. The molecule has 6 nitrogen and oxygen atoms in total. The summed E-state index contributed by atoms with van der Waals surface area (Å²) in [6.07, 6.45) is 0. The molecule has 0 radical (unpaired) electrons. The Morgan fingerprint density at radius 3 is 2.22 bits per heavy atom. The van der Waals surface area contributed by atoms with Crippen molar-refractivity contribution in [2.24, 2.45) is 0 Å². The van der Waals surface area contributed by atoms with Crippen LogP contribution in [0.1, 0.15) is 29.8 Å². The summed E-state index contributed by atoms with van der Waals surface area (Å²) in [5, 5.41) is 2.62. The third-order valence-electron chi connectivity index (χ3n) is 4.25. The molecule has 0 fully saturated rings. The Labute approximate surface area is 167 Å². The van der Waals surface area contributed by atoms with Gasteiger partial charge in [-0.05, 0) is 62.7 Å². The minimum atomic E-state index is -3.94. The van der Waals surface area contributed by atoms with E-state index in [2.05, 4.69) is 26.0 Å². The van der Waals surface area contributed by atoms with Crippen LogP contribution in [-0.4, -0.2) is 32.2 Å². The number of amides is 1. The first-order valence-corrected chi connectivity index (χ1v) is 10.3. The lowest BCUT2D eigenvalue weighted by atomic mass is 10.1. The summed E-state index contributed by atoms with van der Waals surface area (Å²) in [6, 6.07) is 10.8. The number of rotatable bonds is 5. The molecule has 1 N–H and O–H groups in total. The van der Waals surface area contributed by atoms with Crippen molar-refractivity contribution in [1.82, 2.24) is 0 Å². The first-order chi connectivity index (χ1) is 12.5. The van der Waals surface area contributed by atoms with Gasteiger partial charge in [0.05, 0.1) is 17.6 Å². The Hall–Kier alpha value is -2.19. The molecule has 0 atom stereocenters. The summed E-state index contributed by atoms with van der Waals surface area (Å²) in [5.74, 6) is -1.25. The Morgan fingerprint density at radius 2 is 1.67 bits per heavy atom. The zero-order chi connectivity index (χ0) is 20.4. The van der Waals surface area contributed by atoms with E-state index in [0.29, 0.717) is 11.3 Å². The van der Waals surface area contributed by atoms with Crippen molar-refractivity contribution in [1.29, 1.82) is 0 Å². The molecule has 0 aliphatic rings. The van der Waals surface area contributed by atoms with Crippen LogP contribution in [0.2, 0.25) is 0 Å². The monoisotopic (exact) mass is 453 g/mol. The second kappa shape index (κ2) is 7.82. The molecule has 0 aliphatic heterocycles. The minimum absolute atomic E-state index is 0.0471. The summed E-state index contributed by atoms with van der Waals surface area (Å²) < 4.78 is 29.6. The van der Waals surface area contributed by atoms with Gasteiger partial charge in [0.1, 0.15) is 4.75 Å². The number of carbonyl (C=O) groups excluding carboxylic acids is 2. The molecule has 0 saturated heterocycles. The Bertz CT molecular complexity index is 982. The van der Waals surface area contributed by atoms with Crippen molar-refractivity contribution in [3.8, 4) is 0 Å². The van der Waals surface area contributed by atoms with E-state index < -0.39 is 26.5 Å². The zero-order valence-corrected chi connectivity index (χ0v) is 17.8. The van der Waals surface area contributed by atoms with E-state index in [1.807, 2.05) is 0 Å². The fourth-order valence-corrected chi connectivity index (χ4v) is 3.95. The molecule has 0 spiro atoms. The number of benzene rings is 2. The second-order valence-electron chi connectivity index (χ2n) is 6.44. The third kappa shape index (κ3) is 4.22. The molecule has 0 heterocycles. The van der Waals surface area contributed by atoms with Gasteiger partial charge in [0.25, 0.3) is 0 Å². The SMILES string of the molecule is COC(=O)c1ccc(C)c(NC(=O)C(C)(C)S(=O)(=O)c2ccc(Br)cc2)c1. The lowest BCUT2D eigenvalue weighted by molar-refractivity contribution is -0.117. The molecular weight excluding hydrogens is 434 g/mol. The minimum Gasteiger partial charge on any atom is -0.465 e. The van der Waals surface area contributed by atoms with E-state index in [1.54, 1.807) is 31.2 Å². The molecule has 2 rings (SSSR count). The standard InChI is InChI=1S/C19H20BrNO5S/c1-12-5-6-13(17(22)26-4)11-16(12)21-18(23)19(2,3)27(24,25)15-9-7-14(20)8-10-15/h5-11H,1-4H3,(H,21,23). The van der Waals surface area contributed by atoms with Gasteiger partial charge >= 0.3 is 5.97 Å². The van der Waals surface area contributed by atoms with Gasteiger partial charge in [0.15, 0.2) is 9.84 Å². The zero-order valence-electron chi connectivity index (χ0n) is 15.4. The number of halogens is 1. The van der Waals surface area contributed by atoms with Crippen LogP contribution in [0.5, 0.6) is 0 Å². The highest BCUT2D eigenvalue weighted by molar-refractivity contribution is 9.10. The number of ether oxygens (including phenoxy) is 1. The quantitative estimate of drug-likeness (QED) is 0.696. The number of methoxy groups -OCH3 is 1. The van der Waals surface area contributed by atoms with Crippen LogP contribution in [0.25, 0.3) is 0 Å². The predicted octanol–water partition coefficient (Wildman–Crippen LogP) is 3.74. The van der Waals surface area contributed by atoms with Gasteiger partial charge in [0, 0.05) is 10.2 Å². The lowest BCUT2D eigenvalue weighted by Crippen LogP contribution is -2.44. The summed E-state index contributed by atoms with van der Waals surface area (Å²) in [5.41, 5.74) is 1.29. The molecule has 0 aromatic heterocycles. The average Bonchev–Trinajstić information content (AvgIpc) is 2.62. The van der Waals surface area contributed by atoms with Gasteiger partial charge in [-0.15, -0.1) is 0 Å². The number of nitrogens with one attached hydrogen (secondary N) is 1. The number of hydrogen-bond donors (Lipinski definition) is 1. The molecule has 0 aliphatic carbocycles. The fraction of sp³-hybridized carbons (Fsp3) is 0.263. The van der Waals surface area contributed by atoms with Crippen LogP contribution in [0.3, 0.4) is 0 Å². The van der Waals surface area contributed by atoms with Gasteiger partial charge in [-0.3, -0.25) is 4.79 Å². The van der Waals surface area contributed by atoms with Crippen LogP contribution in [0.15, 0.2) is 51.8 Å². The Kier molecular flexibility index (Phi) is 6.11. The van der Waals surface area contributed by atoms with E-state index in [-0.39, 0.29) is 10.5 Å². The van der Waals surface area contributed by atoms with E-state index in [4.69, 9.17) is 0 Å². The molecule has 0 saturated carbocycles. The van der Waals surface area contributed by atoms with Crippen molar-refractivity contribution in [3.63, 3.8) is 0 Å². The second-order valence-corrected chi connectivity index (χ2v) is 9.86. The molecule has 2 aromatic rings. The van der Waals surface area contributed by atoms with Gasteiger partial charge in [-0.2, -0.15) is 0 Å². The summed E-state index contributed by atoms with van der Waals surface area (Å²) in [7, 11) is -2.68. The van der Waals surface area contributed by atoms with E-state index in [1.165, 1.54) is 39.2 Å². The van der Waals surface area contributed by atoms with E-state index in [9.17, 15) is 18.0 Å². The number of carbonyl (C=O) groups is 2. The van der Waals surface area contributed by atoms with Gasteiger partial charge < -0.3 is 10.1 Å². The fourth-order valence-electron chi connectivity index (χ4n) is 2.30. The highest BCUT2D eigenvalue weighted by Gasteiger charge is 2.43. The number of anilines is 1. The number of hydrogen-bond acceptors (Lipinski definition) is 5. The van der Waals surface area contributed by atoms with Gasteiger partial charge in [-0.25, -0.2) is 13.2 Å². The normalized spacial score (nSPS) is 11.7. The van der Waals surface area contributed by atoms with Crippen molar-refractivity contribution in [3.05, 3.63) is 58.1 Å². The van der Waals surface area contributed by atoms with Crippen LogP contribution >= 0.6 is 15.9 Å². The molecule has 8 heteroatoms. The Morgan fingerprint density at radius 1 is 1.07 bits per heavy atom. The molecule has 2 aromatic carbocycles. The summed E-state index contributed by atoms with van der Waals surface area (Å²) in [4.78, 5) is 24.6. The first-order valence-electron chi connectivity index (χ1n) is 8.01. The first kappa shape index (κ1) is 21.1. The topological polar surface area (TPSA) is 89.5 Å². The average molecular weight is 454 g/mol. The smallest absolute Gasteiger partial charge is 0.337 e. The van der Waals surface area contributed by atoms with Crippen molar-refractivity contribution >= 4 is 43.3 Å². The largest absolute Gasteiger partial charge is 0.465 e. The van der Waals surface area contributed by atoms with Crippen LogP contribution in [-0.2, 0) is 19.4 Å². The number of sulfone groups is 1. The maximum Gasteiger partial charge on any atom is 0.337 e. The maximum atomic E-state index is 13.0.